The van der Waals surface area contributed by atoms with E-state index < -0.39 is 0 Å². The first-order chi connectivity index (χ1) is 63.3. The number of fused-ring (bicyclic) bond motifs is 6. The Morgan fingerprint density at radius 3 is 1.16 bits per heavy atom. The zero-order valence-corrected chi connectivity index (χ0v) is 73.4. The van der Waals surface area contributed by atoms with Gasteiger partial charge in [-0.3, -0.25) is 32.9 Å². The lowest BCUT2D eigenvalue weighted by Gasteiger charge is -2.12. The molecular weight excluding hydrogens is 1640 g/mol. The summed E-state index contributed by atoms with van der Waals surface area (Å²) in [5.74, 6) is 4.85. The number of aryl methyl sites for hydroxylation is 8. The van der Waals surface area contributed by atoms with Crippen molar-refractivity contribution in [1.82, 2.24) is 118 Å². The van der Waals surface area contributed by atoms with Crippen molar-refractivity contribution in [3.63, 3.8) is 0 Å². The number of unbranched alkanes of at least 4 members (excludes halogenated alkanes) is 1. The van der Waals surface area contributed by atoms with E-state index in [4.69, 9.17) is 23.7 Å². The largest absolute Gasteiger partial charge is 0.492 e. The van der Waals surface area contributed by atoms with Crippen LogP contribution in [0.3, 0.4) is 0 Å². The van der Waals surface area contributed by atoms with Crippen LogP contribution in [0.25, 0.3) is 133 Å². The highest BCUT2D eigenvalue weighted by atomic mass is 19.1. The van der Waals surface area contributed by atoms with Crippen LogP contribution in [0.5, 0.6) is 40.2 Å². The van der Waals surface area contributed by atoms with Crippen LogP contribution in [0.15, 0.2) is 258 Å². The molecule has 0 unspecified atom stereocenters. The van der Waals surface area contributed by atoms with Crippen molar-refractivity contribution in [2.75, 3.05) is 18.5 Å². The molecule has 0 bridgehead atoms. The Bertz CT molecular complexity index is 7450. The predicted octanol–water partition coefficient (Wildman–Crippen LogP) is 20.3. The minimum atomic E-state index is -0.381. The van der Waals surface area contributed by atoms with Gasteiger partial charge in [-0.2, -0.15) is 30.6 Å². The molecule has 656 valence electrons. The Kier molecular flexibility index (Phi) is 25.6. The smallest absolute Gasteiger partial charge is 0.255 e. The van der Waals surface area contributed by atoms with Gasteiger partial charge in [0, 0.05) is 221 Å². The first-order valence-electron chi connectivity index (χ1n) is 42.6. The summed E-state index contributed by atoms with van der Waals surface area (Å²) in [6.07, 6.45) is 52.3. The Hall–Kier alpha value is -16.5. The quantitative estimate of drug-likeness (QED) is 0.0349. The average molecular weight is 1740 g/mol. The molecule has 0 spiro atoms. The molecule has 0 saturated heterocycles. The fraction of sp³-hybridized carbons (Fsp3) is 0.194. The number of nitrogens with zero attached hydrogens (tertiary/aromatic N) is 18. The fourth-order valence-corrected chi connectivity index (χ4v) is 15.2. The zero-order valence-electron chi connectivity index (χ0n) is 73.4. The molecule has 18 aromatic heterocycles. The van der Waals surface area contributed by atoms with E-state index in [1.54, 1.807) is 65.3 Å². The van der Waals surface area contributed by atoms with Gasteiger partial charge in [-0.15, -0.1) is 0 Å². The van der Waals surface area contributed by atoms with Crippen molar-refractivity contribution in [2.45, 2.75) is 72.3 Å². The molecule has 1 saturated carbocycles. The van der Waals surface area contributed by atoms with Crippen molar-refractivity contribution in [3.05, 3.63) is 280 Å². The van der Waals surface area contributed by atoms with E-state index in [0.29, 0.717) is 29.7 Å². The maximum absolute atomic E-state index is 13.0. The lowest BCUT2D eigenvalue weighted by atomic mass is 10.1. The molecule has 1 aliphatic rings. The number of ether oxygens (including phenoxy) is 5. The number of pyridine rings is 6. The van der Waals surface area contributed by atoms with Gasteiger partial charge in [0.05, 0.1) is 99.4 Å². The number of carbonyl (C=O) groups is 1. The average Bonchev–Trinajstić information content (AvgIpc) is 1.66. The van der Waals surface area contributed by atoms with E-state index in [1.165, 1.54) is 37.1 Å². The third kappa shape index (κ3) is 20.2. The number of carbonyl (C=O) groups excluding carboxylic acids is 1. The first kappa shape index (κ1) is 85.6. The molecule has 0 aliphatic heterocycles. The van der Waals surface area contributed by atoms with E-state index >= 15 is 0 Å². The van der Waals surface area contributed by atoms with Gasteiger partial charge in [-0.25, -0.2) is 34.3 Å². The van der Waals surface area contributed by atoms with Crippen molar-refractivity contribution in [1.29, 1.82) is 0 Å². The molecule has 21 aromatic rings. The van der Waals surface area contributed by atoms with Gasteiger partial charge < -0.3 is 58.9 Å². The van der Waals surface area contributed by atoms with E-state index in [-0.39, 0.29) is 11.7 Å². The number of rotatable bonds is 20. The summed E-state index contributed by atoms with van der Waals surface area (Å²) >= 11 is 0. The van der Waals surface area contributed by atoms with E-state index in [9.17, 15) is 9.18 Å². The number of halogens is 1. The summed E-state index contributed by atoms with van der Waals surface area (Å²) in [4.78, 5) is 57.8. The molecule has 18 heterocycles. The van der Waals surface area contributed by atoms with Crippen molar-refractivity contribution in [2.24, 2.45) is 42.3 Å². The number of aromatic amines is 6. The van der Waals surface area contributed by atoms with E-state index in [1.807, 2.05) is 253 Å². The van der Waals surface area contributed by atoms with Gasteiger partial charge in [0.1, 0.15) is 79.9 Å². The molecule has 1 aliphatic carbocycles. The Morgan fingerprint density at radius 1 is 0.400 bits per heavy atom. The molecule has 1 fully saturated rings. The highest BCUT2D eigenvalue weighted by Gasteiger charge is 2.21. The highest BCUT2D eigenvalue weighted by Crippen LogP contribution is 2.38. The maximum atomic E-state index is 13.0. The minimum absolute atomic E-state index is 0.320. The zero-order chi connectivity index (χ0) is 89.7. The van der Waals surface area contributed by atoms with Crippen LogP contribution in [0.2, 0.25) is 0 Å². The number of benzene rings is 3. The topological polar surface area (TPSA) is 354 Å². The minimum Gasteiger partial charge on any atom is -0.492 e. The number of anilines is 1. The van der Waals surface area contributed by atoms with Crippen LogP contribution in [-0.4, -0.2) is 144 Å². The summed E-state index contributed by atoms with van der Waals surface area (Å²) in [6, 6.07) is 33.3. The SMILES string of the molecule is CCCCOc1cnc2[nH]cc(-c3cnn(C)c3)c2c1.CCOc1cnc2[nH]cc(-c3cnn(C)c3)c2c1.Cc1cccc(Oc2cnc3[nH]cc(-c4cnn(C)c4)c3c2)c1.Cc1ccccc1Oc1cnc2[nH]cc(-c3cnn(C)c3)c2c1.Cn1cc(-c2c[nH]c3ncc(NC(=O)c4ccc(F)cc4)cc23)cn1.Cn1cc(-c2c[nH]c3ncc(OC4CCCC4)cc23)cn1. The van der Waals surface area contributed by atoms with Gasteiger partial charge in [-0.1, -0.05) is 43.7 Å². The van der Waals surface area contributed by atoms with E-state index in [2.05, 4.69) is 109 Å². The van der Waals surface area contributed by atoms with Crippen LogP contribution in [-0.2, 0) is 42.3 Å². The second-order valence-corrected chi connectivity index (χ2v) is 31.5. The normalized spacial score (nSPS) is 11.8. The van der Waals surface area contributed by atoms with Crippen molar-refractivity contribution >= 4 is 77.8 Å². The monoisotopic (exact) mass is 1740 g/mol. The number of amides is 1. The van der Waals surface area contributed by atoms with Crippen LogP contribution in [0.4, 0.5) is 10.1 Å². The summed E-state index contributed by atoms with van der Waals surface area (Å²) in [5.41, 5.74) is 20.9. The number of aromatic nitrogens is 24. The summed E-state index contributed by atoms with van der Waals surface area (Å²) in [6.45, 7) is 9.55. The fourth-order valence-electron chi connectivity index (χ4n) is 15.2. The molecule has 7 N–H and O–H groups in total. The van der Waals surface area contributed by atoms with Gasteiger partial charge in [0.15, 0.2) is 0 Å². The number of hydrogen-bond acceptors (Lipinski definition) is 18. The van der Waals surface area contributed by atoms with Crippen LogP contribution in [0.1, 0.15) is 73.9 Å². The maximum Gasteiger partial charge on any atom is 0.255 e. The predicted molar refractivity (Wildman–Crippen MR) is 501 cm³/mol. The van der Waals surface area contributed by atoms with Crippen LogP contribution in [0, 0.1) is 19.7 Å². The molecule has 0 radical (unpaired) electrons. The highest BCUT2D eigenvalue weighted by molar-refractivity contribution is 6.06. The lowest BCUT2D eigenvalue weighted by molar-refractivity contribution is 0.102. The molecule has 130 heavy (non-hydrogen) atoms. The second-order valence-electron chi connectivity index (χ2n) is 31.5. The Balaban J connectivity index is 0.000000110. The number of H-pyrrole nitrogens is 6. The second kappa shape index (κ2) is 38.9. The van der Waals surface area contributed by atoms with Gasteiger partial charge in [-0.05, 0) is 143 Å². The van der Waals surface area contributed by atoms with Gasteiger partial charge >= 0.3 is 0 Å². The Labute approximate surface area is 745 Å². The molecule has 22 rings (SSSR count). The molecular formula is C98H96FN25O6. The number of hydrogen-bond donors (Lipinski definition) is 7. The number of para-hydroxylation sites is 1. The summed E-state index contributed by atoms with van der Waals surface area (Å²) in [5, 5.41) is 34.2. The van der Waals surface area contributed by atoms with Crippen LogP contribution >= 0.6 is 0 Å². The number of nitrogens with one attached hydrogen (secondary N) is 7. The Morgan fingerprint density at radius 2 is 0.769 bits per heavy atom. The molecule has 31 nitrogen and oxygen atoms in total. The van der Waals surface area contributed by atoms with Gasteiger partial charge in [0.25, 0.3) is 5.91 Å². The van der Waals surface area contributed by atoms with Gasteiger partial charge in [0.2, 0.25) is 0 Å². The van der Waals surface area contributed by atoms with Crippen LogP contribution < -0.4 is 29.0 Å². The van der Waals surface area contributed by atoms with Crippen molar-refractivity contribution < 1.29 is 32.9 Å². The van der Waals surface area contributed by atoms with Crippen molar-refractivity contribution in [3.8, 4) is 107 Å². The summed E-state index contributed by atoms with van der Waals surface area (Å²) in [7, 11) is 11.4. The third-order valence-corrected chi connectivity index (χ3v) is 21.7. The lowest BCUT2D eigenvalue weighted by Crippen LogP contribution is -2.11. The van der Waals surface area contributed by atoms with E-state index in [0.717, 1.165) is 211 Å². The molecule has 32 heteroatoms. The first-order valence-corrected chi connectivity index (χ1v) is 42.6. The standard InChI is InChI=1S/C18H14FN5O.2C18H16N4O.C16H18N4O.C15H18N4O.C13H14N4O/c1-24-10-12(7-22-24)16-9-21-17-15(16)6-14(8-20-17)23-18(25)11-2-4-13(19)5-3-11;1-12-4-3-5-14(6-12)23-15-7-16-17(10-20-18(16)19-9-15)13-8-21-22(2)11-13;1-12-5-3-4-6-17(12)23-14-7-15-16(10-20-18(15)19-9-14)13-8-21-22(2)11-13;1-20-10-11(7-19-20)15-9-18-16-14(15)6-13(8-17-16)21-12-4-2-3-5-12;1-3-4-5-20-12-6-13-14(9-17-15(13)16-8-12)11-7-18-19(2)10-11;1-3-18-10-4-11-12(7-15-13(11)14-6-10)9-5-16-17(2)8-9/h2-10H,1H3,(H,20,21)(H,23,25);2*3-11H,1-2H3,(H,19,20);6-10,12H,2-5H2,1H3,(H,17,18);6-10H,3-5H2,1-2H3,(H,16,17);4-8H,3H2,1-2H3,(H,14,15). The third-order valence-electron chi connectivity index (χ3n) is 21.7. The molecule has 3 aromatic carbocycles. The summed E-state index contributed by atoms with van der Waals surface area (Å²) < 4.78 is 52.8. The molecule has 0 atom stereocenters. The molecule has 1 amide bonds.